The fourth-order valence-electron chi connectivity index (χ4n) is 1.47. The van der Waals surface area contributed by atoms with Crippen LogP contribution in [0.3, 0.4) is 0 Å². The van der Waals surface area contributed by atoms with E-state index >= 15 is 0 Å². The van der Waals surface area contributed by atoms with E-state index in [2.05, 4.69) is 10.1 Å². The van der Waals surface area contributed by atoms with Gasteiger partial charge in [-0.3, -0.25) is 14.4 Å². The number of rotatable bonds is 7. The Morgan fingerprint density at radius 1 is 1.11 bits per heavy atom. The first-order chi connectivity index (χ1) is 9.13. The van der Waals surface area contributed by atoms with E-state index in [4.69, 9.17) is 0 Å². The normalized spacial score (nSPS) is 9.74. The van der Waals surface area contributed by atoms with Crippen LogP contribution < -0.4 is 5.32 Å². The Labute approximate surface area is 111 Å². The quantitative estimate of drug-likeness (QED) is 0.595. The van der Waals surface area contributed by atoms with Crippen molar-refractivity contribution in [2.75, 3.05) is 13.2 Å². The van der Waals surface area contributed by atoms with Crippen LogP contribution in [0.15, 0.2) is 30.3 Å². The van der Waals surface area contributed by atoms with Crippen molar-refractivity contribution in [2.24, 2.45) is 0 Å². The summed E-state index contributed by atoms with van der Waals surface area (Å²) in [6, 6.07) is 8.78. The fraction of sp³-hybridized carbons (Fsp3) is 0.357. The molecule has 0 aromatic heterocycles. The summed E-state index contributed by atoms with van der Waals surface area (Å²) in [5.74, 6) is -0.908. The van der Waals surface area contributed by atoms with E-state index in [1.54, 1.807) is 31.2 Å². The highest BCUT2D eigenvalue weighted by atomic mass is 16.5. The van der Waals surface area contributed by atoms with Crippen LogP contribution in [0.4, 0.5) is 0 Å². The lowest BCUT2D eigenvalue weighted by atomic mass is 10.1. The average Bonchev–Trinajstić information content (AvgIpc) is 2.44. The highest BCUT2D eigenvalue weighted by Gasteiger charge is 2.10. The number of nitrogens with one attached hydrogen (secondary N) is 1. The lowest BCUT2D eigenvalue weighted by Gasteiger charge is -2.04. The number of benzene rings is 1. The highest BCUT2D eigenvalue weighted by molar-refractivity contribution is 5.98. The molecule has 0 bridgehead atoms. The van der Waals surface area contributed by atoms with Crippen molar-refractivity contribution >= 4 is 17.7 Å². The van der Waals surface area contributed by atoms with Gasteiger partial charge >= 0.3 is 5.97 Å². The summed E-state index contributed by atoms with van der Waals surface area (Å²) in [4.78, 5) is 34.1. The zero-order chi connectivity index (χ0) is 14.1. The van der Waals surface area contributed by atoms with E-state index in [9.17, 15) is 14.4 Å². The predicted molar refractivity (Wildman–Crippen MR) is 69.6 cm³/mol. The largest absolute Gasteiger partial charge is 0.465 e. The van der Waals surface area contributed by atoms with Gasteiger partial charge in [-0.15, -0.1) is 0 Å². The van der Waals surface area contributed by atoms with Gasteiger partial charge in [-0.25, -0.2) is 0 Å². The van der Waals surface area contributed by atoms with Crippen LogP contribution >= 0.6 is 0 Å². The van der Waals surface area contributed by atoms with Gasteiger partial charge in [-0.05, 0) is 6.92 Å². The van der Waals surface area contributed by atoms with E-state index in [1.165, 1.54) is 0 Å². The molecule has 0 saturated heterocycles. The summed E-state index contributed by atoms with van der Waals surface area (Å²) in [7, 11) is 0. The SMILES string of the molecule is CCOC(=O)CNC(=O)CCC(=O)c1ccccc1. The Kier molecular flexibility index (Phi) is 6.29. The zero-order valence-corrected chi connectivity index (χ0v) is 10.8. The van der Waals surface area contributed by atoms with Crippen molar-refractivity contribution in [3.8, 4) is 0 Å². The number of ketones is 1. The minimum atomic E-state index is -0.481. The molecular formula is C14H17NO4. The van der Waals surface area contributed by atoms with Crippen LogP contribution in [-0.4, -0.2) is 30.8 Å². The highest BCUT2D eigenvalue weighted by Crippen LogP contribution is 2.04. The van der Waals surface area contributed by atoms with Crippen molar-refractivity contribution in [1.29, 1.82) is 0 Å². The van der Waals surface area contributed by atoms with Crippen molar-refractivity contribution in [3.05, 3.63) is 35.9 Å². The van der Waals surface area contributed by atoms with Gasteiger partial charge in [0.05, 0.1) is 6.61 Å². The number of amides is 1. The lowest BCUT2D eigenvalue weighted by molar-refractivity contribution is -0.143. The van der Waals surface area contributed by atoms with Crippen LogP contribution in [-0.2, 0) is 14.3 Å². The number of carbonyl (C=O) groups is 3. The second-order valence-corrected chi connectivity index (χ2v) is 3.87. The summed E-state index contributed by atoms with van der Waals surface area (Å²) < 4.78 is 4.67. The smallest absolute Gasteiger partial charge is 0.325 e. The molecule has 1 N–H and O–H groups in total. The molecule has 0 radical (unpaired) electrons. The van der Waals surface area contributed by atoms with Gasteiger partial charge in [0.2, 0.25) is 5.91 Å². The maximum Gasteiger partial charge on any atom is 0.325 e. The topological polar surface area (TPSA) is 72.5 Å². The van der Waals surface area contributed by atoms with Crippen LogP contribution in [0, 0.1) is 0 Å². The molecule has 0 saturated carbocycles. The molecule has 1 aromatic rings. The standard InChI is InChI=1S/C14H17NO4/c1-2-19-14(18)10-15-13(17)9-8-12(16)11-6-4-3-5-7-11/h3-7H,2,8-10H2,1H3,(H,15,17). The Hall–Kier alpha value is -2.17. The molecule has 1 aromatic carbocycles. The molecule has 0 fully saturated rings. The van der Waals surface area contributed by atoms with E-state index in [-0.39, 0.29) is 37.7 Å². The zero-order valence-electron chi connectivity index (χ0n) is 10.8. The Bertz CT molecular complexity index is 442. The van der Waals surface area contributed by atoms with Crippen LogP contribution in [0.25, 0.3) is 0 Å². The molecule has 102 valence electrons. The van der Waals surface area contributed by atoms with E-state index in [0.717, 1.165) is 0 Å². The Morgan fingerprint density at radius 2 is 1.79 bits per heavy atom. The number of esters is 1. The van der Waals surface area contributed by atoms with E-state index < -0.39 is 5.97 Å². The van der Waals surface area contributed by atoms with Crippen LogP contribution in [0.2, 0.25) is 0 Å². The van der Waals surface area contributed by atoms with Crippen molar-refractivity contribution in [2.45, 2.75) is 19.8 Å². The Balaban J connectivity index is 2.27. The third-order valence-corrected chi connectivity index (χ3v) is 2.41. The molecule has 0 spiro atoms. The second-order valence-electron chi connectivity index (χ2n) is 3.87. The fourth-order valence-corrected chi connectivity index (χ4v) is 1.47. The second kappa shape index (κ2) is 8.02. The van der Waals surface area contributed by atoms with Gasteiger partial charge in [-0.1, -0.05) is 30.3 Å². The first-order valence-electron chi connectivity index (χ1n) is 6.14. The number of Topliss-reactive ketones (excluding diaryl/α,β-unsaturated/α-hetero) is 1. The molecule has 1 rings (SSSR count). The maximum atomic E-state index is 11.7. The molecule has 0 aliphatic heterocycles. The van der Waals surface area contributed by atoms with Crippen molar-refractivity contribution in [1.82, 2.24) is 5.32 Å². The first kappa shape index (κ1) is 14.9. The first-order valence-corrected chi connectivity index (χ1v) is 6.14. The molecule has 0 heterocycles. The summed E-state index contributed by atoms with van der Waals surface area (Å²) in [6.45, 7) is 1.81. The molecule has 1 amide bonds. The van der Waals surface area contributed by atoms with E-state index in [0.29, 0.717) is 5.56 Å². The van der Waals surface area contributed by atoms with Gasteiger partial charge in [0, 0.05) is 18.4 Å². The summed E-state index contributed by atoms with van der Waals surface area (Å²) in [6.07, 6.45) is 0.186. The lowest BCUT2D eigenvalue weighted by Crippen LogP contribution is -2.30. The van der Waals surface area contributed by atoms with Gasteiger partial charge in [0.15, 0.2) is 5.78 Å². The molecule has 19 heavy (non-hydrogen) atoms. The Morgan fingerprint density at radius 3 is 2.42 bits per heavy atom. The van der Waals surface area contributed by atoms with Crippen molar-refractivity contribution < 1.29 is 19.1 Å². The average molecular weight is 263 g/mol. The van der Waals surface area contributed by atoms with Gasteiger partial charge in [-0.2, -0.15) is 0 Å². The van der Waals surface area contributed by atoms with Crippen LogP contribution in [0.1, 0.15) is 30.1 Å². The predicted octanol–water partition coefficient (Wildman–Crippen LogP) is 1.33. The summed E-state index contributed by atoms with van der Waals surface area (Å²) >= 11 is 0. The molecule has 0 atom stereocenters. The molecule has 0 aliphatic carbocycles. The summed E-state index contributed by atoms with van der Waals surface area (Å²) in [5.41, 5.74) is 0.584. The number of hydrogen-bond donors (Lipinski definition) is 1. The third kappa shape index (κ3) is 5.81. The van der Waals surface area contributed by atoms with Crippen molar-refractivity contribution in [3.63, 3.8) is 0 Å². The molecule has 0 aliphatic rings. The number of carbonyl (C=O) groups excluding carboxylic acids is 3. The third-order valence-electron chi connectivity index (χ3n) is 2.41. The molecule has 5 heteroatoms. The minimum Gasteiger partial charge on any atom is -0.465 e. The minimum absolute atomic E-state index is 0.0626. The maximum absolute atomic E-state index is 11.7. The van der Waals surface area contributed by atoms with Crippen LogP contribution in [0.5, 0.6) is 0 Å². The molecule has 0 unspecified atom stereocenters. The summed E-state index contributed by atoms with van der Waals surface area (Å²) in [5, 5.41) is 2.41. The number of ether oxygens (including phenoxy) is 1. The van der Waals surface area contributed by atoms with Gasteiger partial charge in [0.1, 0.15) is 6.54 Å². The molecule has 5 nitrogen and oxygen atoms in total. The number of hydrogen-bond acceptors (Lipinski definition) is 4. The van der Waals surface area contributed by atoms with E-state index in [1.807, 2.05) is 6.07 Å². The molecular weight excluding hydrogens is 246 g/mol. The van der Waals surface area contributed by atoms with Gasteiger partial charge < -0.3 is 10.1 Å². The monoisotopic (exact) mass is 263 g/mol. The van der Waals surface area contributed by atoms with Gasteiger partial charge in [0.25, 0.3) is 0 Å².